The number of hydrogen-bond donors (Lipinski definition) is 1. The van der Waals surface area contributed by atoms with Gasteiger partial charge in [-0.3, -0.25) is 0 Å². The molecule has 0 bridgehead atoms. The molecule has 3 atom stereocenters. The molecule has 0 heterocycles. The second-order valence-electron chi connectivity index (χ2n) is 6.08. The van der Waals surface area contributed by atoms with Crippen molar-refractivity contribution in [3.05, 3.63) is 0 Å². The Kier molecular flexibility index (Phi) is 5.66. The van der Waals surface area contributed by atoms with E-state index in [2.05, 4.69) is 33.0 Å². The van der Waals surface area contributed by atoms with Crippen molar-refractivity contribution < 1.29 is 0 Å². The molecule has 1 N–H and O–H groups in total. The van der Waals surface area contributed by atoms with E-state index in [9.17, 15) is 0 Å². The predicted molar refractivity (Wildman–Crippen MR) is 68.0 cm³/mol. The van der Waals surface area contributed by atoms with E-state index in [0.717, 1.165) is 17.8 Å². The van der Waals surface area contributed by atoms with Crippen LogP contribution in [0.3, 0.4) is 0 Å². The van der Waals surface area contributed by atoms with Crippen molar-refractivity contribution >= 4 is 0 Å². The van der Waals surface area contributed by atoms with Crippen LogP contribution >= 0.6 is 0 Å². The quantitative estimate of drug-likeness (QED) is 0.728. The SMILES string of the molecule is CC(C)CC(C)NCC1CCCC(C)C1. The van der Waals surface area contributed by atoms with Gasteiger partial charge < -0.3 is 5.32 Å². The summed E-state index contributed by atoms with van der Waals surface area (Å²) in [5, 5.41) is 3.70. The minimum Gasteiger partial charge on any atom is -0.314 e. The highest BCUT2D eigenvalue weighted by molar-refractivity contribution is 4.74. The molecule has 0 radical (unpaired) electrons. The van der Waals surface area contributed by atoms with Crippen LogP contribution in [0.25, 0.3) is 0 Å². The van der Waals surface area contributed by atoms with Crippen LogP contribution in [0.2, 0.25) is 0 Å². The van der Waals surface area contributed by atoms with E-state index in [1.807, 2.05) is 0 Å². The van der Waals surface area contributed by atoms with Gasteiger partial charge in [-0.05, 0) is 50.5 Å². The summed E-state index contributed by atoms with van der Waals surface area (Å²) in [6.45, 7) is 10.6. The molecule has 1 nitrogen and oxygen atoms in total. The van der Waals surface area contributed by atoms with Crippen molar-refractivity contribution in [3.8, 4) is 0 Å². The van der Waals surface area contributed by atoms with E-state index in [4.69, 9.17) is 0 Å². The fourth-order valence-corrected chi connectivity index (χ4v) is 2.90. The zero-order chi connectivity index (χ0) is 11.3. The Morgan fingerprint density at radius 1 is 1.20 bits per heavy atom. The summed E-state index contributed by atoms with van der Waals surface area (Å²) in [4.78, 5) is 0. The van der Waals surface area contributed by atoms with Crippen LogP contribution in [-0.2, 0) is 0 Å². The van der Waals surface area contributed by atoms with Crippen molar-refractivity contribution in [2.45, 2.75) is 65.8 Å². The lowest BCUT2D eigenvalue weighted by atomic mass is 9.82. The largest absolute Gasteiger partial charge is 0.314 e. The van der Waals surface area contributed by atoms with Crippen LogP contribution < -0.4 is 5.32 Å². The topological polar surface area (TPSA) is 12.0 Å². The third-order valence-electron chi connectivity index (χ3n) is 3.62. The summed E-state index contributed by atoms with van der Waals surface area (Å²) in [5.41, 5.74) is 0. The van der Waals surface area contributed by atoms with Gasteiger partial charge in [-0.2, -0.15) is 0 Å². The van der Waals surface area contributed by atoms with Gasteiger partial charge in [-0.15, -0.1) is 0 Å². The van der Waals surface area contributed by atoms with E-state index in [1.54, 1.807) is 0 Å². The van der Waals surface area contributed by atoms with Crippen molar-refractivity contribution in [2.75, 3.05) is 6.54 Å². The van der Waals surface area contributed by atoms with Gasteiger partial charge in [0.05, 0.1) is 0 Å². The first-order valence-electron chi connectivity index (χ1n) is 6.81. The van der Waals surface area contributed by atoms with Crippen LogP contribution in [0.5, 0.6) is 0 Å². The summed E-state index contributed by atoms with van der Waals surface area (Å²) in [6, 6.07) is 0.697. The smallest absolute Gasteiger partial charge is 0.00412 e. The minimum absolute atomic E-state index is 0.697. The fraction of sp³-hybridized carbons (Fsp3) is 1.00. The average Bonchev–Trinajstić information content (AvgIpc) is 2.14. The van der Waals surface area contributed by atoms with E-state index in [0.29, 0.717) is 6.04 Å². The maximum atomic E-state index is 3.70. The molecule has 0 aromatic carbocycles. The summed E-state index contributed by atoms with van der Waals surface area (Å²) in [6.07, 6.45) is 7.11. The highest BCUT2D eigenvalue weighted by atomic mass is 14.9. The third-order valence-corrected chi connectivity index (χ3v) is 3.62. The Morgan fingerprint density at radius 2 is 1.93 bits per heavy atom. The molecule has 1 rings (SSSR count). The van der Waals surface area contributed by atoms with Crippen molar-refractivity contribution in [1.29, 1.82) is 0 Å². The Hall–Kier alpha value is -0.0400. The summed E-state index contributed by atoms with van der Waals surface area (Å²) in [5.74, 6) is 2.73. The summed E-state index contributed by atoms with van der Waals surface area (Å²) < 4.78 is 0. The Labute approximate surface area is 96.0 Å². The van der Waals surface area contributed by atoms with Gasteiger partial charge in [0.15, 0.2) is 0 Å². The predicted octanol–water partition coefficient (Wildman–Crippen LogP) is 3.84. The third kappa shape index (κ3) is 5.55. The van der Waals surface area contributed by atoms with Gasteiger partial charge in [0.25, 0.3) is 0 Å². The summed E-state index contributed by atoms with van der Waals surface area (Å²) >= 11 is 0. The summed E-state index contributed by atoms with van der Waals surface area (Å²) in [7, 11) is 0. The lowest BCUT2D eigenvalue weighted by Gasteiger charge is -2.28. The molecule has 0 aliphatic heterocycles. The maximum Gasteiger partial charge on any atom is 0.00412 e. The average molecular weight is 211 g/mol. The molecule has 1 heteroatoms. The van der Waals surface area contributed by atoms with Crippen LogP contribution in [-0.4, -0.2) is 12.6 Å². The van der Waals surface area contributed by atoms with Gasteiger partial charge in [-0.1, -0.05) is 33.6 Å². The Morgan fingerprint density at radius 3 is 2.53 bits per heavy atom. The monoisotopic (exact) mass is 211 g/mol. The van der Waals surface area contributed by atoms with Gasteiger partial charge >= 0.3 is 0 Å². The highest BCUT2D eigenvalue weighted by Crippen LogP contribution is 2.28. The molecule has 3 unspecified atom stereocenters. The maximum absolute atomic E-state index is 3.70. The molecule has 0 spiro atoms. The molecule has 0 aromatic rings. The molecular weight excluding hydrogens is 182 g/mol. The lowest BCUT2D eigenvalue weighted by molar-refractivity contribution is 0.264. The fourth-order valence-electron chi connectivity index (χ4n) is 2.90. The first kappa shape index (κ1) is 13.0. The normalized spacial score (nSPS) is 29.4. The molecule has 0 saturated heterocycles. The first-order chi connectivity index (χ1) is 7.08. The van der Waals surface area contributed by atoms with Crippen LogP contribution in [0.15, 0.2) is 0 Å². The van der Waals surface area contributed by atoms with Gasteiger partial charge in [-0.25, -0.2) is 0 Å². The molecular formula is C14H29N. The molecule has 0 amide bonds. The van der Waals surface area contributed by atoms with Crippen molar-refractivity contribution in [1.82, 2.24) is 5.32 Å². The second-order valence-corrected chi connectivity index (χ2v) is 6.08. The first-order valence-corrected chi connectivity index (χ1v) is 6.81. The highest BCUT2D eigenvalue weighted by Gasteiger charge is 2.19. The van der Waals surface area contributed by atoms with E-state index in [-0.39, 0.29) is 0 Å². The Bertz CT molecular complexity index is 165. The number of rotatable bonds is 5. The van der Waals surface area contributed by atoms with E-state index < -0.39 is 0 Å². The molecule has 90 valence electrons. The molecule has 0 aromatic heterocycles. The zero-order valence-electron chi connectivity index (χ0n) is 11.1. The van der Waals surface area contributed by atoms with E-state index in [1.165, 1.54) is 38.6 Å². The molecule has 1 aliphatic rings. The second kappa shape index (κ2) is 6.52. The van der Waals surface area contributed by atoms with Gasteiger partial charge in [0, 0.05) is 6.04 Å². The van der Waals surface area contributed by atoms with Gasteiger partial charge in [0.1, 0.15) is 0 Å². The minimum atomic E-state index is 0.697. The van der Waals surface area contributed by atoms with Crippen LogP contribution in [0.4, 0.5) is 0 Å². The van der Waals surface area contributed by atoms with Gasteiger partial charge in [0.2, 0.25) is 0 Å². The van der Waals surface area contributed by atoms with E-state index >= 15 is 0 Å². The standard InChI is InChI=1S/C14H29N/c1-11(2)8-13(4)15-10-14-7-5-6-12(3)9-14/h11-15H,5-10H2,1-4H3. The zero-order valence-corrected chi connectivity index (χ0v) is 11.1. The number of hydrogen-bond acceptors (Lipinski definition) is 1. The molecule has 1 fully saturated rings. The number of nitrogens with one attached hydrogen (secondary N) is 1. The van der Waals surface area contributed by atoms with Crippen molar-refractivity contribution in [3.63, 3.8) is 0 Å². The van der Waals surface area contributed by atoms with Crippen molar-refractivity contribution in [2.24, 2.45) is 17.8 Å². The lowest BCUT2D eigenvalue weighted by Crippen LogP contribution is -2.33. The molecule has 15 heavy (non-hydrogen) atoms. The van der Waals surface area contributed by atoms with Crippen LogP contribution in [0.1, 0.15) is 59.8 Å². The molecule has 1 saturated carbocycles. The Balaban J connectivity index is 2.13. The molecule has 1 aliphatic carbocycles. The van der Waals surface area contributed by atoms with Crippen LogP contribution in [0, 0.1) is 17.8 Å².